The number of aliphatic hydroxyl groups excluding tert-OH is 1. The molecule has 3 heterocycles. The molecule has 422 valence electrons. The molecule has 5 N–H and O–H groups in total. The zero-order valence-electron chi connectivity index (χ0n) is 44.4. The SMILES string of the molecule is Cc1ncsc1-c1ccc(CNC(=O)[C@@H]2C[C@@H](O)CN2C(=O)[C@@H](NC(=O)c2ccc(CNC(=O)CCC(=O)Nc3ccc4c(c3)CC[C@@]43OC(=O)N(CC(=O)N(Cc4ccc(F)cc4)[C@@H](C)C(F)(F)F)C3=O)cc2)C(C)(C)C)cc1. The number of likely N-dealkylation sites (tertiary alicyclic amines) is 1. The van der Waals surface area contributed by atoms with Crippen LogP contribution in [0.4, 0.5) is 28.0 Å². The molecule has 0 radical (unpaired) electrons. The number of hydrogen-bond acceptors (Lipinski definition) is 12. The molecule has 4 aromatic carbocycles. The minimum absolute atomic E-state index is 0.0321. The fourth-order valence-corrected chi connectivity index (χ4v) is 10.7. The lowest BCUT2D eigenvalue weighted by Gasteiger charge is -2.35. The first-order valence-electron chi connectivity index (χ1n) is 25.8. The number of amides is 8. The monoisotopic (exact) mass is 1120 g/mol. The lowest BCUT2D eigenvalue weighted by molar-refractivity contribution is -0.187. The van der Waals surface area contributed by atoms with Gasteiger partial charge in [0.05, 0.1) is 22.2 Å². The van der Waals surface area contributed by atoms with Crippen LogP contribution in [0.2, 0.25) is 0 Å². The van der Waals surface area contributed by atoms with E-state index in [2.05, 4.69) is 26.3 Å². The summed E-state index contributed by atoms with van der Waals surface area (Å²) in [5.74, 6) is -5.23. The van der Waals surface area contributed by atoms with E-state index in [0.29, 0.717) is 26.6 Å². The minimum Gasteiger partial charge on any atom is -0.427 e. The molecule has 0 bridgehead atoms. The number of nitrogens with one attached hydrogen (secondary N) is 4. The first-order chi connectivity index (χ1) is 37.8. The van der Waals surface area contributed by atoms with E-state index in [1.165, 1.54) is 41.3 Å². The number of β-amino-alcohol motifs (C(OH)–C–C–N with tert-alkyl or cyclic N) is 1. The topological polar surface area (TPSA) is 237 Å². The van der Waals surface area contributed by atoms with Crippen LogP contribution in [0.1, 0.15) is 97.2 Å². The first-order valence-corrected chi connectivity index (χ1v) is 26.7. The van der Waals surface area contributed by atoms with E-state index in [1.54, 1.807) is 55.8 Å². The Hall–Kier alpha value is -8.05. The highest BCUT2D eigenvalue weighted by molar-refractivity contribution is 7.13. The van der Waals surface area contributed by atoms with Gasteiger partial charge in [0.1, 0.15) is 30.5 Å². The summed E-state index contributed by atoms with van der Waals surface area (Å²) in [6.07, 6.45) is -7.24. The number of rotatable bonds is 18. The highest BCUT2D eigenvalue weighted by Gasteiger charge is 2.59. The van der Waals surface area contributed by atoms with Crippen LogP contribution in [0, 0.1) is 18.2 Å². The lowest BCUT2D eigenvalue weighted by atomic mass is 9.85. The van der Waals surface area contributed by atoms with Crippen LogP contribution in [0.5, 0.6) is 0 Å². The Morgan fingerprint density at radius 1 is 0.875 bits per heavy atom. The third-order valence-corrected chi connectivity index (χ3v) is 15.4. The predicted molar refractivity (Wildman–Crippen MR) is 284 cm³/mol. The van der Waals surface area contributed by atoms with Crippen molar-refractivity contribution in [2.75, 3.05) is 18.4 Å². The number of halogens is 4. The molecule has 5 atom stereocenters. The highest BCUT2D eigenvalue weighted by atomic mass is 32.1. The number of nitrogens with zero attached hydrogens (tertiary/aromatic N) is 4. The van der Waals surface area contributed by atoms with Gasteiger partial charge in [0.15, 0.2) is 0 Å². The van der Waals surface area contributed by atoms with Gasteiger partial charge in [0.2, 0.25) is 35.1 Å². The maximum absolute atomic E-state index is 14.2. The Morgan fingerprint density at radius 3 is 2.15 bits per heavy atom. The van der Waals surface area contributed by atoms with Crippen LogP contribution in [-0.2, 0) is 65.2 Å². The van der Waals surface area contributed by atoms with Gasteiger partial charge in [-0.25, -0.2) is 19.1 Å². The van der Waals surface area contributed by atoms with Crippen LogP contribution >= 0.6 is 11.3 Å². The fourth-order valence-electron chi connectivity index (χ4n) is 9.87. The normalized spacial score (nSPS) is 18.6. The second-order valence-corrected chi connectivity index (χ2v) is 22.1. The standard InChI is InChI=1S/C57H60F4N8O10S/c1-32-48(80-31-64-32)37-12-6-35(7-13-37)27-63-51(75)44-25-42(70)29-68(44)52(76)49(55(3,4)5)66-50(74)38-14-8-34(9-15-38)26-62-45(71)20-21-46(72)65-41-18-19-43-39(24-41)22-23-56(43)53(77)69(54(78)79-56)30-47(73)67(33(2)57(59,60)61)28-36-10-16-40(58)17-11-36/h6-19,24,31,33,42,44,49,70H,20-23,25-30H2,1-5H3,(H,62,71)(H,63,75)(H,65,72)(H,66,74)/t33-,42+,44-,49+,56+/m0/s1. The van der Waals surface area contributed by atoms with Crippen molar-refractivity contribution < 1.29 is 65.8 Å². The number of alkyl halides is 3. The first kappa shape index (κ1) is 58.1. The van der Waals surface area contributed by atoms with Crippen LogP contribution in [-0.4, -0.2) is 116 Å². The Balaban J connectivity index is 0.793. The smallest absolute Gasteiger partial charge is 0.418 e. The van der Waals surface area contributed by atoms with Gasteiger partial charge in [-0.1, -0.05) is 75.4 Å². The molecule has 2 fully saturated rings. The Kier molecular flexibility index (Phi) is 17.2. The largest absolute Gasteiger partial charge is 0.427 e. The fraction of sp³-hybridized carbons (Fsp3) is 0.386. The van der Waals surface area contributed by atoms with Crippen molar-refractivity contribution in [1.82, 2.24) is 35.6 Å². The van der Waals surface area contributed by atoms with Gasteiger partial charge in [-0.15, -0.1) is 11.3 Å². The van der Waals surface area contributed by atoms with Crippen molar-refractivity contribution in [2.45, 2.75) is 122 Å². The van der Waals surface area contributed by atoms with Crippen LogP contribution < -0.4 is 21.3 Å². The number of thiazole rings is 1. The summed E-state index contributed by atoms with van der Waals surface area (Å²) in [5, 5.41) is 21.8. The molecular formula is C57H60F4N8O10S. The number of carbonyl (C=O) groups excluding carboxylic acids is 8. The van der Waals surface area contributed by atoms with E-state index in [9.17, 15) is 61.0 Å². The second kappa shape index (κ2) is 23.7. The maximum atomic E-state index is 14.2. The summed E-state index contributed by atoms with van der Waals surface area (Å²) in [6, 6.07) is 18.7. The number of fused-ring (bicyclic) bond motifs is 2. The summed E-state index contributed by atoms with van der Waals surface area (Å²) in [4.78, 5) is 115. The van der Waals surface area contributed by atoms with Crippen molar-refractivity contribution in [3.8, 4) is 10.4 Å². The summed E-state index contributed by atoms with van der Waals surface area (Å²) in [6.45, 7) is 6.59. The van der Waals surface area contributed by atoms with Gasteiger partial charge in [0, 0.05) is 68.7 Å². The van der Waals surface area contributed by atoms with E-state index < -0.39 is 108 Å². The number of carbonyl (C=O) groups is 8. The molecule has 23 heteroatoms. The third-order valence-electron chi connectivity index (χ3n) is 14.4. The summed E-state index contributed by atoms with van der Waals surface area (Å²) >= 11 is 1.54. The van der Waals surface area contributed by atoms with E-state index in [-0.39, 0.29) is 68.4 Å². The molecule has 2 saturated heterocycles. The van der Waals surface area contributed by atoms with E-state index in [0.717, 1.165) is 40.8 Å². The average Bonchev–Trinajstić information content (AvgIpc) is 4.40. The van der Waals surface area contributed by atoms with Crippen LogP contribution in [0.25, 0.3) is 10.4 Å². The molecule has 3 aliphatic rings. The molecule has 18 nitrogen and oxygen atoms in total. The van der Waals surface area contributed by atoms with Gasteiger partial charge in [-0.05, 0) is 89.9 Å². The molecular weight excluding hydrogens is 1060 g/mol. The number of benzene rings is 4. The molecule has 1 spiro atoms. The van der Waals surface area contributed by atoms with E-state index in [1.807, 2.05) is 31.2 Å². The molecule has 5 aromatic rings. The summed E-state index contributed by atoms with van der Waals surface area (Å²) in [7, 11) is 0. The maximum Gasteiger partial charge on any atom is 0.418 e. The number of anilines is 1. The number of aromatic nitrogens is 1. The van der Waals surface area contributed by atoms with Crippen LogP contribution in [0.15, 0.2) is 96.5 Å². The minimum atomic E-state index is -4.86. The molecule has 1 aliphatic carbocycles. The van der Waals surface area contributed by atoms with Gasteiger partial charge < -0.3 is 40.9 Å². The van der Waals surface area contributed by atoms with Gasteiger partial charge in [-0.2, -0.15) is 13.2 Å². The molecule has 2 aliphatic heterocycles. The van der Waals surface area contributed by atoms with Gasteiger partial charge in [0.25, 0.3) is 11.8 Å². The van der Waals surface area contributed by atoms with Gasteiger partial charge >= 0.3 is 12.3 Å². The molecule has 0 unspecified atom stereocenters. The van der Waals surface area contributed by atoms with Gasteiger partial charge in [-0.3, -0.25) is 33.6 Å². The number of aryl methyl sites for hydroxylation is 2. The molecule has 80 heavy (non-hydrogen) atoms. The second-order valence-electron chi connectivity index (χ2n) is 21.2. The molecule has 1 aromatic heterocycles. The Morgan fingerprint density at radius 2 is 1.51 bits per heavy atom. The summed E-state index contributed by atoms with van der Waals surface area (Å²) in [5.41, 5.74) is 4.08. The van der Waals surface area contributed by atoms with E-state index in [4.69, 9.17) is 4.74 Å². The number of aliphatic hydroxyl groups is 1. The van der Waals surface area contributed by atoms with Crippen molar-refractivity contribution in [3.05, 3.63) is 141 Å². The zero-order valence-corrected chi connectivity index (χ0v) is 45.3. The van der Waals surface area contributed by atoms with Crippen LogP contribution in [0.3, 0.4) is 0 Å². The number of imide groups is 1. The number of hydrogen-bond donors (Lipinski definition) is 5. The summed E-state index contributed by atoms with van der Waals surface area (Å²) < 4.78 is 60.7. The molecule has 8 amide bonds. The predicted octanol–water partition coefficient (Wildman–Crippen LogP) is 6.82. The van der Waals surface area contributed by atoms with E-state index >= 15 is 0 Å². The van der Waals surface area contributed by atoms with Crippen molar-refractivity contribution in [1.29, 1.82) is 0 Å². The lowest BCUT2D eigenvalue weighted by Crippen LogP contribution is -2.57. The number of ether oxygens (including phenoxy) is 1. The Labute approximate surface area is 462 Å². The van der Waals surface area contributed by atoms with Crippen molar-refractivity contribution >= 4 is 64.5 Å². The van der Waals surface area contributed by atoms with Crippen molar-refractivity contribution in [2.24, 2.45) is 5.41 Å². The zero-order chi connectivity index (χ0) is 57.8. The average molecular weight is 1130 g/mol. The quantitative estimate of drug-likeness (QED) is 0.0571. The molecule has 0 saturated carbocycles. The highest BCUT2D eigenvalue weighted by Crippen LogP contribution is 2.46. The van der Waals surface area contributed by atoms with Crippen molar-refractivity contribution in [3.63, 3.8) is 0 Å². The third kappa shape index (κ3) is 13.2. The molecule has 8 rings (SSSR count). The Bertz CT molecular complexity index is 3190.